The van der Waals surface area contributed by atoms with Crippen LogP contribution in [0.25, 0.3) is 0 Å². The van der Waals surface area contributed by atoms with Crippen LogP contribution in [0.3, 0.4) is 0 Å². The van der Waals surface area contributed by atoms with Crippen molar-refractivity contribution in [2.24, 2.45) is 5.92 Å². The van der Waals surface area contributed by atoms with Crippen molar-refractivity contribution in [3.63, 3.8) is 0 Å². The number of nitrogens with one attached hydrogen (secondary N) is 3. The zero-order valence-electron chi connectivity index (χ0n) is 15.3. The van der Waals surface area contributed by atoms with Gasteiger partial charge in [-0.15, -0.1) is 0 Å². The highest BCUT2D eigenvalue weighted by molar-refractivity contribution is 5.94. The van der Waals surface area contributed by atoms with Crippen molar-refractivity contribution in [3.8, 4) is 0 Å². The molecule has 0 aromatic heterocycles. The van der Waals surface area contributed by atoms with Gasteiger partial charge in [0.2, 0.25) is 11.8 Å². The van der Waals surface area contributed by atoms with Crippen molar-refractivity contribution in [2.45, 2.75) is 25.8 Å². The molecule has 2 saturated heterocycles. The molecule has 0 unspecified atom stereocenters. The van der Waals surface area contributed by atoms with Gasteiger partial charge in [0.05, 0.1) is 19.8 Å². The molecule has 2 atom stereocenters. The number of piperidine rings is 1. The summed E-state index contributed by atoms with van der Waals surface area (Å²) in [5.74, 6) is 0.0917. The van der Waals surface area contributed by atoms with Crippen molar-refractivity contribution >= 4 is 23.2 Å². The monoisotopic (exact) mass is 360 g/mol. The fourth-order valence-corrected chi connectivity index (χ4v) is 3.41. The maximum absolute atomic E-state index is 12.4. The van der Waals surface area contributed by atoms with Crippen LogP contribution in [0.4, 0.5) is 11.4 Å². The molecule has 1 aromatic rings. The molecule has 7 nitrogen and oxygen atoms in total. The highest BCUT2D eigenvalue weighted by atomic mass is 16.5. The van der Waals surface area contributed by atoms with Crippen LogP contribution in [-0.4, -0.2) is 62.1 Å². The number of hydrogen-bond donors (Lipinski definition) is 3. The van der Waals surface area contributed by atoms with E-state index < -0.39 is 0 Å². The number of carbonyl (C=O) groups excluding carboxylic acids is 2. The van der Waals surface area contributed by atoms with Gasteiger partial charge in [0.15, 0.2) is 0 Å². The Kier molecular flexibility index (Phi) is 6.60. The molecule has 3 N–H and O–H groups in total. The van der Waals surface area contributed by atoms with Crippen LogP contribution in [0.1, 0.15) is 19.8 Å². The van der Waals surface area contributed by atoms with Crippen molar-refractivity contribution in [1.29, 1.82) is 0 Å². The van der Waals surface area contributed by atoms with Gasteiger partial charge in [-0.1, -0.05) is 0 Å². The van der Waals surface area contributed by atoms with Gasteiger partial charge < -0.3 is 20.7 Å². The van der Waals surface area contributed by atoms with Gasteiger partial charge in [0, 0.05) is 36.4 Å². The largest absolute Gasteiger partial charge is 0.379 e. The molecular weight excluding hydrogens is 332 g/mol. The van der Waals surface area contributed by atoms with Crippen molar-refractivity contribution < 1.29 is 14.3 Å². The van der Waals surface area contributed by atoms with Crippen LogP contribution >= 0.6 is 0 Å². The van der Waals surface area contributed by atoms with E-state index in [-0.39, 0.29) is 17.7 Å². The number of hydrogen-bond acceptors (Lipinski definition) is 5. The van der Waals surface area contributed by atoms with E-state index in [1.165, 1.54) is 0 Å². The fourth-order valence-electron chi connectivity index (χ4n) is 3.41. The zero-order chi connectivity index (χ0) is 18.4. The molecule has 1 aromatic carbocycles. The molecule has 3 rings (SSSR count). The molecule has 0 spiro atoms. The Morgan fingerprint density at radius 2 is 1.81 bits per heavy atom. The molecule has 2 heterocycles. The van der Waals surface area contributed by atoms with Gasteiger partial charge in [0.25, 0.3) is 0 Å². The maximum Gasteiger partial charge on any atom is 0.238 e. The first-order chi connectivity index (χ1) is 12.6. The minimum atomic E-state index is -0.0348. The van der Waals surface area contributed by atoms with Crippen LogP contribution in [0.15, 0.2) is 24.3 Å². The Bertz CT molecular complexity index is 614. The first-order valence-corrected chi connectivity index (χ1v) is 9.34. The highest BCUT2D eigenvalue weighted by Crippen LogP contribution is 2.20. The molecule has 0 saturated carbocycles. The zero-order valence-corrected chi connectivity index (χ0v) is 15.3. The summed E-state index contributed by atoms with van der Waals surface area (Å²) in [7, 11) is 0. The van der Waals surface area contributed by atoms with Crippen molar-refractivity contribution in [2.75, 3.05) is 50.0 Å². The van der Waals surface area contributed by atoms with Crippen molar-refractivity contribution in [1.82, 2.24) is 10.2 Å². The lowest BCUT2D eigenvalue weighted by Crippen LogP contribution is -2.41. The van der Waals surface area contributed by atoms with Gasteiger partial charge in [-0.25, -0.2) is 0 Å². The van der Waals surface area contributed by atoms with Crippen LogP contribution in [0.2, 0.25) is 0 Å². The summed E-state index contributed by atoms with van der Waals surface area (Å²) in [6, 6.07) is 7.67. The Morgan fingerprint density at radius 3 is 2.46 bits per heavy atom. The third-order valence-electron chi connectivity index (χ3n) is 4.90. The first kappa shape index (κ1) is 18.8. The number of benzene rings is 1. The predicted octanol–water partition coefficient (Wildman–Crippen LogP) is 1.28. The van der Waals surface area contributed by atoms with Gasteiger partial charge in [-0.05, 0) is 50.6 Å². The van der Waals surface area contributed by atoms with E-state index in [9.17, 15) is 9.59 Å². The molecule has 2 fully saturated rings. The van der Waals surface area contributed by atoms with Gasteiger partial charge in [-0.3, -0.25) is 14.5 Å². The van der Waals surface area contributed by atoms with Gasteiger partial charge in [0.1, 0.15) is 0 Å². The minimum absolute atomic E-state index is 0.0348. The minimum Gasteiger partial charge on any atom is -0.379 e. The Balaban J connectivity index is 1.46. The van der Waals surface area contributed by atoms with E-state index in [2.05, 4.69) is 27.8 Å². The number of ether oxygens (including phenoxy) is 1. The third kappa shape index (κ3) is 5.52. The van der Waals surface area contributed by atoms with E-state index in [0.29, 0.717) is 25.8 Å². The second-order valence-electron chi connectivity index (χ2n) is 7.08. The molecule has 142 valence electrons. The lowest BCUT2D eigenvalue weighted by Gasteiger charge is -2.27. The summed E-state index contributed by atoms with van der Waals surface area (Å²) in [5.41, 5.74) is 1.49. The molecule has 0 radical (unpaired) electrons. The second kappa shape index (κ2) is 9.12. The topological polar surface area (TPSA) is 82.7 Å². The third-order valence-corrected chi connectivity index (χ3v) is 4.90. The Morgan fingerprint density at radius 1 is 1.15 bits per heavy atom. The average molecular weight is 360 g/mol. The van der Waals surface area contributed by atoms with E-state index in [4.69, 9.17) is 4.74 Å². The van der Waals surface area contributed by atoms with E-state index in [1.807, 2.05) is 24.3 Å². The molecule has 2 amide bonds. The summed E-state index contributed by atoms with van der Waals surface area (Å²) in [5, 5.41) is 9.23. The summed E-state index contributed by atoms with van der Waals surface area (Å²) < 4.78 is 5.28. The van der Waals surface area contributed by atoms with E-state index in [1.54, 1.807) is 0 Å². The molecule has 7 heteroatoms. The number of rotatable bonds is 5. The smallest absolute Gasteiger partial charge is 0.238 e. The van der Waals surface area contributed by atoms with Crippen molar-refractivity contribution in [3.05, 3.63) is 24.3 Å². The molecule has 2 aliphatic heterocycles. The number of carbonyl (C=O) groups is 2. The molecule has 0 bridgehead atoms. The number of nitrogens with zero attached hydrogens (tertiary/aromatic N) is 1. The Labute approximate surface area is 154 Å². The molecular formula is C19H28N4O3. The summed E-state index contributed by atoms with van der Waals surface area (Å²) >= 11 is 0. The normalized spacial score (nSPS) is 24.0. The fraction of sp³-hybridized carbons (Fsp3) is 0.579. The molecule has 0 aliphatic carbocycles. The summed E-state index contributed by atoms with van der Waals surface area (Å²) in [4.78, 5) is 26.6. The lowest BCUT2D eigenvalue weighted by molar-refractivity contribution is -0.121. The maximum atomic E-state index is 12.4. The highest BCUT2D eigenvalue weighted by Gasteiger charge is 2.24. The van der Waals surface area contributed by atoms with E-state index >= 15 is 0 Å². The number of anilines is 2. The lowest BCUT2D eigenvalue weighted by atomic mass is 9.92. The number of amides is 2. The summed E-state index contributed by atoms with van der Waals surface area (Å²) in [6.07, 6.45) is 1.73. The second-order valence-corrected chi connectivity index (χ2v) is 7.08. The van der Waals surface area contributed by atoms with Crippen LogP contribution < -0.4 is 16.0 Å². The quantitative estimate of drug-likeness (QED) is 0.737. The van der Waals surface area contributed by atoms with Crippen LogP contribution in [0, 0.1) is 5.92 Å². The van der Waals surface area contributed by atoms with E-state index in [0.717, 1.165) is 43.9 Å². The predicted molar refractivity (Wildman–Crippen MR) is 101 cm³/mol. The molecule has 2 aliphatic rings. The van der Waals surface area contributed by atoms with Gasteiger partial charge >= 0.3 is 0 Å². The van der Waals surface area contributed by atoms with Gasteiger partial charge in [-0.2, -0.15) is 0 Å². The summed E-state index contributed by atoms with van der Waals surface area (Å²) in [6.45, 7) is 6.29. The average Bonchev–Trinajstić information content (AvgIpc) is 2.64. The SMILES string of the molecule is C[C@H]1C[C@@H](C(=O)Nc2ccc(NC(=O)CN3CCOCC3)cc2)CCN1. The number of morpholine rings is 1. The van der Waals surface area contributed by atoms with Crippen LogP contribution in [-0.2, 0) is 14.3 Å². The Hall–Kier alpha value is -1.96. The molecule has 26 heavy (non-hydrogen) atoms. The first-order valence-electron chi connectivity index (χ1n) is 9.34. The van der Waals surface area contributed by atoms with Crippen LogP contribution in [0.5, 0.6) is 0 Å². The standard InChI is InChI=1S/C19H28N4O3/c1-14-12-15(6-7-20-14)19(25)22-17-4-2-16(3-5-17)21-18(24)13-23-8-10-26-11-9-23/h2-5,14-15,20H,6-13H2,1H3,(H,21,24)(H,22,25)/t14-,15-/m0/s1.